The van der Waals surface area contributed by atoms with Crippen molar-refractivity contribution in [1.82, 2.24) is 10.6 Å². The molecule has 10 heteroatoms. The van der Waals surface area contributed by atoms with Crippen molar-refractivity contribution in [2.45, 2.75) is 25.4 Å². The number of carbonyl (C=O) groups is 2. The van der Waals surface area contributed by atoms with Crippen LogP contribution in [-0.2, 0) is 22.6 Å². The fraction of sp³-hybridized carbons (Fsp3) is 0.318. The number of fused-ring (bicyclic) bond motifs is 1. The molecule has 2 aromatic carbocycles. The maximum Gasteiger partial charge on any atom is 0.313 e. The van der Waals surface area contributed by atoms with Gasteiger partial charge in [0.2, 0.25) is 0 Å². The van der Waals surface area contributed by atoms with Gasteiger partial charge < -0.3 is 27.4 Å². The summed E-state index contributed by atoms with van der Waals surface area (Å²) in [6.45, 7) is 1.13. The molecule has 2 atom stereocenters. The summed E-state index contributed by atoms with van der Waals surface area (Å²) in [4.78, 5) is 29.1. The Hall–Kier alpha value is -3.17. The van der Waals surface area contributed by atoms with Crippen LogP contribution in [0.5, 0.6) is 0 Å². The van der Waals surface area contributed by atoms with Crippen molar-refractivity contribution in [2.75, 3.05) is 18.9 Å². The van der Waals surface area contributed by atoms with Crippen LogP contribution in [0.25, 0.3) is 0 Å². The van der Waals surface area contributed by atoms with E-state index < -0.39 is 17.6 Å². The zero-order valence-corrected chi connectivity index (χ0v) is 18.4. The van der Waals surface area contributed by atoms with Crippen molar-refractivity contribution in [3.63, 3.8) is 0 Å². The monoisotopic (exact) mass is 460 g/mol. The van der Waals surface area contributed by atoms with Crippen LogP contribution in [0.15, 0.2) is 41.4 Å². The molecule has 0 spiro atoms. The van der Waals surface area contributed by atoms with Crippen molar-refractivity contribution in [3.8, 4) is 0 Å². The van der Waals surface area contributed by atoms with Crippen LogP contribution in [0.2, 0.25) is 5.02 Å². The number of aliphatic imine (C=N–C) groups is 1. The van der Waals surface area contributed by atoms with Gasteiger partial charge in [-0.25, -0.2) is 4.39 Å². The summed E-state index contributed by atoms with van der Waals surface area (Å²) in [5.41, 5.74) is 14.2. The van der Waals surface area contributed by atoms with E-state index in [1.165, 1.54) is 12.1 Å². The van der Waals surface area contributed by atoms with Gasteiger partial charge in [0.1, 0.15) is 5.82 Å². The molecule has 0 aromatic heterocycles. The van der Waals surface area contributed by atoms with E-state index in [9.17, 15) is 14.0 Å². The van der Waals surface area contributed by atoms with E-state index in [2.05, 4.69) is 27.0 Å². The predicted molar refractivity (Wildman–Crippen MR) is 123 cm³/mol. The number of nitrogens with zero attached hydrogens (tertiary/aromatic N) is 1. The van der Waals surface area contributed by atoms with E-state index in [0.717, 1.165) is 35.7 Å². The second kappa shape index (κ2) is 10.4. The van der Waals surface area contributed by atoms with Gasteiger partial charge in [0.15, 0.2) is 5.96 Å². The first-order valence-corrected chi connectivity index (χ1v) is 10.5. The highest BCUT2D eigenvalue weighted by molar-refractivity contribution is 6.39. The van der Waals surface area contributed by atoms with E-state index in [1.807, 2.05) is 19.2 Å². The van der Waals surface area contributed by atoms with Gasteiger partial charge in [-0.2, -0.15) is 0 Å². The fourth-order valence-electron chi connectivity index (χ4n) is 3.90. The quantitative estimate of drug-likeness (QED) is 0.244. The number of amides is 2. The summed E-state index contributed by atoms with van der Waals surface area (Å²) in [5.74, 6) is -2.37. The van der Waals surface area contributed by atoms with E-state index in [0.29, 0.717) is 13.0 Å². The number of guanidine groups is 1. The summed E-state index contributed by atoms with van der Waals surface area (Å²) in [6, 6.07) is 9.47. The summed E-state index contributed by atoms with van der Waals surface area (Å²) in [7, 11) is 1.87. The molecule has 0 heterocycles. The van der Waals surface area contributed by atoms with Crippen LogP contribution < -0.4 is 27.4 Å². The third kappa shape index (κ3) is 5.74. The van der Waals surface area contributed by atoms with E-state index in [4.69, 9.17) is 23.1 Å². The van der Waals surface area contributed by atoms with Crippen molar-refractivity contribution in [2.24, 2.45) is 22.4 Å². The highest BCUT2D eigenvalue weighted by atomic mass is 35.5. The lowest BCUT2D eigenvalue weighted by Gasteiger charge is -2.21. The molecular formula is C22H26ClFN6O2. The number of anilines is 1. The Balaban J connectivity index is 1.75. The number of rotatable bonds is 7. The third-order valence-electron chi connectivity index (χ3n) is 5.34. The number of carbonyl (C=O) groups excluding carboxylic acids is 2. The molecule has 0 fully saturated rings. The molecule has 1 aliphatic carbocycles. The zero-order valence-electron chi connectivity index (χ0n) is 17.6. The number of benzene rings is 2. The van der Waals surface area contributed by atoms with E-state index in [-0.39, 0.29) is 28.6 Å². The largest absolute Gasteiger partial charge is 0.370 e. The third-order valence-corrected chi connectivity index (χ3v) is 5.65. The minimum absolute atomic E-state index is 0.00646. The molecule has 2 amide bonds. The van der Waals surface area contributed by atoms with E-state index in [1.54, 1.807) is 0 Å². The molecule has 8 nitrogen and oxygen atoms in total. The van der Waals surface area contributed by atoms with Gasteiger partial charge in [-0.3, -0.25) is 14.6 Å². The highest BCUT2D eigenvalue weighted by Gasteiger charge is 2.34. The minimum atomic E-state index is -0.894. The normalized spacial score (nSPS) is 16.8. The number of hydrogen-bond donors (Lipinski definition) is 5. The Kier molecular flexibility index (Phi) is 7.66. The Morgan fingerprint density at radius 3 is 2.66 bits per heavy atom. The lowest BCUT2D eigenvalue weighted by Crippen LogP contribution is -2.39. The van der Waals surface area contributed by atoms with Crippen LogP contribution in [-0.4, -0.2) is 31.4 Å². The van der Waals surface area contributed by atoms with Crippen molar-refractivity contribution >= 4 is 35.1 Å². The Bertz CT molecular complexity index is 1040. The van der Waals surface area contributed by atoms with Crippen LogP contribution in [0.4, 0.5) is 10.1 Å². The lowest BCUT2D eigenvalue weighted by atomic mass is 9.97. The predicted octanol–water partition coefficient (Wildman–Crippen LogP) is 1.83. The Labute approximate surface area is 190 Å². The van der Waals surface area contributed by atoms with E-state index >= 15 is 0 Å². The van der Waals surface area contributed by atoms with Crippen LogP contribution in [0.1, 0.15) is 29.2 Å². The summed E-state index contributed by atoms with van der Waals surface area (Å²) in [6.07, 6.45) is 1.35. The van der Waals surface area contributed by atoms with Crippen LogP contribution in [0.3, 0.4) is 0 Å². The SMILES string of the molecule is CNCc1ccc2c(c1)C[C@H](CCN=C(N)N)[C@H]2NC(=O)C(=O)Nc1ccc(Cl)c(F)c1. The second-order valence-corrected chi connectivity index (χ2v) is 8.06. The molecule has 0 bridgehead atoms. The average molecular weight is 461 g/mol. The smallest absolute Gasteiger partial charge is 0.313 e. The maximum absolute atomic E-state index is 13.6. The molecule has 170 valence electrons. The first-order valence-electron chi connectivity index (χ1n) is 10.2. The van der Waals surface area contributed by atoms with Crippen molar-refractivity contribution in [1.29, 1.82) is 0 Å². The minimum Gasteiger partial charge on any atom is -0.370 e. The van der Waals surface area contributed by atoms with Crippen LogP contribution >= 0.6 is 11.6 Å². The highest BCUT2D eigenvalue weighted by Crippen LogP contribution is 2.38. The Morgan fingerprint density at radius 2 is 1.97 bits per heavy atom. The molecule has 1 aliphatic rings. The average Bonchev–Trinajstić information content (AvgIpc) is 3.07. The molecule has 0 radical (unpaired) electrons. The fourth-order valence-corrected chi connectivity index (χ4v) is 4.02. The molecule has 7 N–H and O–H groups in total. The van der Waals surface area contributed by atoms with Gasteiger partial charge >= 0.3 is 11.8 Å². The molecule has 0 saturated heterocycles. The molecule has 0 saturated carbocycles. The number of nitrogens with two attached hydrogens (primary N) is 2. The van der Waals surface area contributed by atoms with Gasteiger partial charge in [-0.1, -0.05) is 29.8 Å². The number of halogens is 2. The van der Waals surface area contributed by atoms with Gasteiger partial charge in [-0.05, 0) is 60.7 Å². The summed E-state index contributed by atoms with van der Waals surface area (Å²) >= 11 is 5.65. The summed E-state index contributed by atoms with van der Waals surface area (Å²) < 4.78 is 13.6. The van der Waals surface area contributed by atoms with Crippen molar-refractivity contribution in [3.05, 3.63) is 63.9 Å². The lowest BCUT2D eigenvalue weighted by molar-refractivity contribution is -0.136. The molecule has 32 heavy (non-hydrogen) atoms. The van der Waals surface area contributed by atoms with Gasteiger partial charge in [0.25, 0.3) is 0 Å². The topological polar surface area (TPSA) is 135 Å². The first-order chi connectivity index (χ1) is 15.3. The van der Waals surface area contributed by atoms with Crippen LogP contribution in [0, 0.1) is 11.7 Å². The number of hydrogen-bond acceptors (Lipinski definition) is 4. The Morgan fingerprint density at radius 1 is 1.19 bits per heavy atom. The van der Waals surface area contributed by atoms with Gasteiger partial charge in [-0.15, -0.1) is 0 Å². The maximum atomic E-state index is 13.6. The zero-order chi connectivity index (χ0) is 23.3. The molecular weight excluding hydrogens is 435 g/mol. The second-order valence-electron chi connectivity index (χ2n) is 7.66. The first kappa shape index (κ1) is 23.5. The number of nitrogens with one attached hydrogen (secondary N) is 3. The van der Waals surface area contributed by atoms with Gasteiger partial charge in [0.05, 0.1) is 11.1 Å². The molecule has 2 aromatic rings. The molecule has 0 unspecified atom stereocenters. The van der Waals surface area contributed by atoms with Gasteiger partial charge in [0, 0.05) is 18.8 Å². The summed E-state index contributed by atoms with van der Waals surface area (Å²) in [5, 5.41) is 8.26. The molecule has 3 rings (SSSR count). The molecule has 0 aliphatic heterocycles. The van der Waals surface area contributed by atoms with Crippen molar-refractivity contribution < 1.29 is 14.0 Å². The standard InChI is InChI=1S/C22H26ClFN6O2/c1-27-11-12-2-4-16-14(8-12)9-13(6-7-28-22(25)26)19(16)30-21(32)20(31)29-15-3-5-17(23)18(24)10-15/h2-5,8,10,13,19,27H,6-7,9,11H2,1H3,(H,29,31)(H,30,32)(H4,25,26,28)/t13-,19+/m0/s1.